The van der Waals surface area contributed by atoms with E-state index >= 15 is 0 Å². The predicted octanol–water partition coefficient (Wildman–Crippen LogP) is 2.98. The Labute approximate surface area is 139 Å². The Balaban J connectivity index is 1.72. The molecule has 0 aliphatic heterocycles. The zero-order valence-electron chi connectivity index (χ0n) is 13.2. The van der Waals surface area contributed by atoms with Crippen molar-refractivity contribution in [2.24, 2.45) is 0 Å². The fraction of sp³-hybridized carbons (Fsp3) is 0.167. The minimum absolute atomic E-state index is 0.350. The second-order valence-electron chi connectivity index (χ2n) is 5.16. The number of methoxy groups -OCH3 is 1. The quantitative estimate of drug-likeness (QED) is 0.755. The molecule has 0 aliphatic carbocycles. The first-order valence-corrected chi connectivity index (χ1v) is 7.52. The van der Waals surface area contributed by atoms with E-state index in [4.69, 9.17) is 4.74 Å². The molecule has 0 bridgehead atoms. The Morgan fingerprint density at radius 3 is 2.75 bits per heavy atom. The summed E-state index contributed by atoms with van der Waals surface area (Å²) < 4.78 is 18.6. The van der Waals surface area contributed by atoms with E-state index < -0.39 is 0 Å². The molecule has 5 nitrogen and oxygen atoms in total. The number of ether oxygens (including phenoxy) is 1. The van der Waals surface area contributed by atoms with Gasteiger partial charge in [0.1, 0.15) is 11.6 Å². The van der Waals surface area contributed by atoms with Crippen LogP contribution in [-0.2, 0) is 13.1 Å². The van der Waals surface area contributed by atoms with Gasteiger partial charge in [-0.25, -0.2) is 9.37 Å². The number of hydrogen-bond acceptors (Lipinski definition) is 5. The Hall–Kier alpha value is -2.86. The third kappa shape index (κ3) is 3.91. The summed E-state index contributed by atoms with van der Waals surface area (Å²) >= 11 is 0. The SMILES string of the molecule is COc1cc(F)ccc1-c1cncc(CNCc2ccccn2)n1. The third-order valence-electron chi connectivity index (χ3n) is 3.46. The predicted molar refractivity (Wildman–Crippen MR) is 88.8 cm³/mol. The minimum atomic E-state index is -0.350. The van der Waals surface area contributed by atoms with Crippen molar-refractivity contribution in [1.29, 1.82) is 0 Å². The summed E-state index contributed by atoms with van der Waals surface area (Å²) in [6.45, 7) is 1.20. The van der Waals surface area contributed by atoms with Crippen molar-refractivity contribution >= 4 is 0 Å². The molecular formula is C18H17FN4O. The third-order valence-corrected chi connectivity index (χ3v) is 3.46. The highest BCUT2D eigenvalue weighted by Gasteiger charge is 2.09. The van der Waals surface area contributed by atoms with E-state index in [1.165, 1.54) is 19.2 Å². The largest absolute Gasteiger partial charge is 0.496 e. The second kappa shape index (κ2) is 7.61. The Bertz CT molecular complexity index is 811. The summed E-state index contributed by atoms with van der Waals surface area (Å²) in [5.74, 6) is 0.0830. The standard InChI is InChI=1S/C18H17FN4O/c1-24-18-8-13(19)5-6-16(18)17-12-21-11-15(23-17)10-20-9-14-4-2-3-7-22-14/h2-8,11-12,20H,9-10H2,1H3. The fourth-order valence-corrected chi connectivity index (χ4v) is 2.32. The van der Waals surface area contributed by atoms with Crippen LogP contribution in [0.25, 0.3) is 11.3 Å². The first-order chi connectivity index (χ1) is 11.8. The van der Waals surface area contributed by atoms with Gasteiger partial charge in [0.2, 0.25) is 0 Å². The lowest BCUT2D eigenvalue weighted by atomic mass is 10.1. The molecule has 0 aliphatic rings. The molecule has 1 aromatic carbocycles. The molecule has 1 N–H and O–H groups in total. The first-order valence-electron chi connectivity index (χ1n) is 7.52. The summed E-state index contributed by atoms with van der Waals surface area (Å²) in [4.78, 5) is 13.0. The highest BCUT2D eigenvalue weighted by atomic mass is 19.1. The molecule has 0 radical (unpaired) electrons. The molecule has 122 valence electrons. The van der Waals surface area contributed by atoms with Gasteiger partial charge in [-0.15, -0.1) is 0 Å². The lowest BCUT2D eigenvalue weighted by Crippen LogP contribution is -2.14. The Morgan fingerprint density at radius 2 is 1.96 bits per heavy atom. The topological polar surface area (TPSA) is 59.9 Å². The molecule has 0 atom stereocenters. The molecule has 3 aromatic rings. The van der Waals surface area contributed by atoms with Crippen LogP contribution in [0.1, 0.15) is 11.4 Å². The van der Waals surface area contributed by atoms with E-state index in [0.717, 1.165) is 11.4 Å². The van der Waals surface area contributed by atoms with E-state index in [9.17, 15) is 4.39 Å². The Morgan fingerprint density at radius 1 is 1.08 bits per heavy atom. The van der Waals surface area contributed by atoms with Crippen molar-refractivity contribution in [1.82, 2.24) is 20.3 Å². The molecule has 2 aromatic heterocycles. The first kappa shape index (κ1) is 16.0. The van der Waals surface area contributed by atoms with Gasteiger partial charge in [0.15, 0.2) is 0 Å². The van der Waals surface area contributed by atoms with E-state index in [1.54, 1.807) is 24.7 Å². The van der Waals surface area contributed by atoms with Gasteiger partial charge in [0.05, 0.1) is 30.4 Å². The van der Waals surface area contributed by atoms with Gasteiger partial charge in [0, 0.05) is 37.1 Å². The van der Waals surface area contributed by atoms with Crippen LogP contribution in [0.4, 0.5) is 4.39 Å². The number of nitrogens with zero attached hydrogens (tertiary/aromatic N) is 3. The number of rotatable bonds is 6. The van der Waals surface area contributed by atoms with Crippen molar-refractivity contribution in [3.63, 3.8) is 0 Å². The maximum atomic E-state index is 13.3. The normalized spacial score (nSPS) is 10.6. The van der Waals surface area contributed by atoms with Crippen molar-refractivity contribution in [2.75, 3.05) is 7.11 Å². The van der Waals surface area contributed by atoms with Crippen LogP contribution in [-0.4, -0.2) is 22.1 Å². The Kier molecular flexibility index (Phi) is 5.08. The number of aromatic nitrogens is 3. The van der Waals surface area contributed by atoms with Crippen molar-refractivity contribution in [3.8, 4) is 17.0 Å². The van der Waals surface area contributed by atoms with Gasteiger partial charge in [-0.2, -0.15) is 0 Å². The molecule has 0 saturated carbocycles. The maximum Gasteiger partial charge on any atom is 0.131 e. The molecule has 0 unspecified atom stereocenters. The summed E-state index contributed by atoms with van der Waals surface area (Å²) in [6, 6.07) is 10.1. The highest BCUT2D eigenvalue weighted by Crippen LogP contribution is 2.28. The van der Waals surface area contributed by atoms with Gasteiger partial charge in [0.25, 0.3) is 0 Å². The van der Waals surface area contributed by atoms with Crippen molar-refractivity contribution in [2.45, 2.75) is 13.1 Å². The van der Waals surface area contributed by atoms with Crippen LogP contribution in [0, 0.1) is 5.82 Å². The minimum Gasteiger partial charge on any atom is -0.496 e. The molecule has 0 spiro atoms. The lowest BCUT2D eigenvalue weighted by Gasteiger charge is -2.09. The highest BCUT2D eigenvalue weighted by molar-refractivity contribution is 5.66. The average Bonchev–Trinajstić information content (AvgIpc) is 2.63. The maximum absolute atomic E-state index is 13.3. The van der Waals surface area contributed by atoms with Gasteiger partial charge >= 0.3 is 0 Å². The van der Waals surface area contributed by atoms with Crippen LogP contribution in [0.15, 0.2) is 55.0 Å². The van der Waals surface area contributed by atoms with Crippen LogP contribution in [0.5, 0.6) is 5.75 Å². The van der Waals surface area contributed by atoms with E-state index in [2.05, 4.69) is 20.3 Å². The van der Waals surface area contributed by atoms with E-state index in [1.807, 2.05) is 18.2 Å². The molecule has 2 heterocycles. The monoisotopic (exact) mass is 324 g/mol. The van der Waals surface area contributed by atoms with Gasteiger partial charge in [-0.05, 0) is 24.3 Å². The van der Waals surface area contributed by atoms with Crippen LogP contribution in [0.2, 0.25) is 0 Å². The number of benzene rings is 1. The van der Waals surface area contributed by atoms with Crippen molar-refractivity contribution < 1.29 is 9.13 Å². The van der Waals surface area contributed by atoms with Crippen LogP contribution in [0.3, 0.4) is 0 Å². The van der Waals surface area contributed by atoms with Crippen molar-refractivity contribution in [3.05, 3.63) is 72.2 Å². The van der Waals surface area contributed by atoms with Crippen LogP contribution < -0.4 is 10.1 Å². The van der Waals surface area contributed by atoms with Gasteiger partial charge < -0.3 is 10.1 Å². The lowest BCUT2D eigenvalue weighted by molar-refractivity contribution is 0.413. The smallest absolute Gasteiger partial charge is 0.131 e. The molecule has 0 fully saturated rings. The molecule has 3 rings (SSSR count). The molecule has 24 heavy (non-hydrogen) atoms. The average molecular weight is 324 g/mol. The van der Waals surface area contributed by atoms with E-state index in [0.29, 0.717) is 30.1 Å². The van der Waals surface area contributed by atoms with E-state index in [-0.39, 0.29) is 5.82 Å². The molecular weight excluding hydrogens is 307 g/mol. The van der Waals surface area contributed by atoms with Crippen LogP contribution >= 0.6 is 0 Å². The number of halogens is 1. The van der Waals surface area contributed by atoms with Gasteiger partial charge in [-0.1, -0.05) is 6.07 Å². The molecule has 6 heteroatoms. The summed E-state index contributed by atoms with van der Waals surface area (Å²) in [6.07, 6.45) is 5.10. The zero-order chi connectivity index (χ0) is 16.8. The summed E-state index contributed by atoms with van der Waals surface area (Å²) in [7, 11) is 1.50. The summed E-state index contributed by atoms with van der Waals surface area (Å²) in [5.41, 5.74) is 3.10. The number of hydrogen-bond donors (Lipinski definition) is 1. The van der Waals surface area contributed by atoms with Gasteiger partial charge in [-0.3, -0.25) is 9.97 Å². The number of pyridine rings is 1. The number of nitrogens with one attached hydrogen (secondary N) is 1. The fourth-order valence-electron chi connectivity index (χ4n) is 2.32. The zero-order valence-corrected chi connectivity index (χ0v) is 13.2. The molecule has 0 saturated heterocycles. The molecule has 0 amide bonds. The summed E-state index contributed by atoms with van der Waals surface area (Å²) in [5, 5.41) is 3.28. The second-order valence-corrected chi connectivity index (χ2v) is 5.16.